The summed E-state index contributed by atoms with van der Waals surface area (Å²) in [6, 6.07) is 5.50. The van der Waals surface area contributed by atoms with Crippen LogP contribution in [0.5, 0.6) is 5.75 Å². The third-order valence-corrected chi connectivity index (χ3v) is 6.39. The van der Waals surface area contributed by atoms with E-state index in [9.17, 15) is 32.6 Å². The Morgan fingerprint density at radius 3 is 2.59 bits per heavy atom. The molecular weight excluding hydrogens is 452 g/mol. The minimum atomic E-state index is -5.02. The molecule has 0 amide bonds. The summed E-state index contributed by atoms with van der Waals surface area (Å²) in [5.41, 5.74) is -3.61. The van der Waals surface area contributed by atoms with Crippen LogP contribution < -0.4 is 10.9 Å². The third kappa shape index (κ3) is 3.40. The molecule has 3 aromatic rings. The van der Waals surface area contributed by atoms with Crippen LogP contribution in [0.2, 0.25) is 5.02 Å². The molecule has 32 heavy (non-hydrogen) atoms. The van der Waals surface area contributed by atoms with E-state index in [1.165, 1.54) is 24.3 Å². The number of rotatable bonds is 3. The molecule has 1 aliphatic rings. The lowest BCUT2D eigenvalue weighted by Crippen LogP contribution is -2.55. The minimum absolute atomic E-state index is 0.0109. The topological polar surface area (TPSA) is 85.4 Å². The van der Waals surface area contributed by atoms with Crippen LogP contribution in [0.4, 0.5) is 23.2 Å². The number of nitrogens with one attached hydrogen (secondary N) is 2. The minimum Gasteiger partial charge on any atom is -0.506 e. The number of aliphatic hydroxyl groups is 1. The lowest BCUT2D eigenvalue weighted by Gasteiger charge is -2.46. The number of hydrogen-bond acceptors (Lipinski definition) is 4. The number of halogens is 5. The van der Waals surface area contributed by atoms with Gasteiger partial charge in [-0.2, -0.15) is 13.2 Å². The lowest BCUT2D eigenvalue weighted by molar-refractivity contribution is -0.272. The van der Waals surface area contributed by atoms with Crippen molar-refractivity contribution >= 4 is 28.2 Å². The second kappa shape index (κ2) is 7.67. The molecular formula is C22H19ClF4N2O3. The van der Waals surface area contributed by atoms with Crippen LogP contribution in [0, 0.1) is 5.82 Å². The summed E-state index contributed by atoms with van der Waals surface area (Å²) >= 11 is 6.02. The number of phenols is 1. The first-order valence-electron chi connectivity index (χ1n) is 9.86. The summed E-state index contributed by atoms with van der Waals surface area (Å²) in [7, 11) is 0. The highest BCUT2D eigenvalue weighted by Crippen LogP contribution is 2.56. The monoisotopic (exact) mass is 470 g/mol. The first kappa shape index (κ1) is 22.4. The first-order valence-corrected chi connectivity index (χ1v) is 10.2. The number of pyridine rings is 1. The summed E-state index contributed by atoms with van der Waals surface area (Å²) in [5.74, 6) is -1.89. The van der Waals surface area contributed by atoms with Crippen molar-refractivity contribution < 1.29 is 27.8 Å². The van der Waals surface area contributed by atoms with Gasteiger partial charge in [-0.3, -0.25) is 4.79 Å². The Bertz CT molecular complexity index is 1260. The second-order valence-electron chi connectivity index (χ2n) is 7.91. The quantitative estimate of drug-likeness (QED) is 0.388. The van der Waals surface area contributed by atoms with Gasteiger partial charge in [0.15, 0.2) is 5.60 Å². The van der Waals surface area contributed by atoms with Crippen molar-refractivity contribution in [3.05, 3.63) is 68.7 Å². The van der Waals surface area contributed by atoms with Crippen LogP contribution in [0.1, 0.15) is 42.9 Å². The number of phenolic OH excluding ortho intramolecular Hbond substituents is 1. The molecule has 0 spiro atoms. The molecule has 3 atom stereocenters. The van der Waals surface area contributed by atoms with Gasteiger partial charge in [0, 0.05) is 22.7 Å². The van der Waals surface area contributed by atoms with Gasteiger partial charge in [-0.25, -0.2) is 4.39 Å². The van der Waals surface area contributed by atoms with Gasteiger partial charge in [-0.1, -0.05) is 24.6 Å². The van der Waals surface area contributed by atoms with E-state index in [4.69, 9.17) is 11.6 Å². The van der Waals surface area contributed by atoms with Gasteiger partial charge in [-0.15, -0.1) is 0 Å². The van der Waals surface area contributed by atoms with Crippen LogP contribution in [0.25, 0.3) is 10.9 Å². The molecule has 0 saturated carbocycles. The van der Waals surface area contributed by atoms with Crippen molar-refractivity contribution in [3.8, 4) is 5.75 Å². The molecule has 5 nitrogen and oxygen atoms in total. The number of hydrogen-bond donors (Lipinski definition) is 4. The first-order chi connectivity index (χ1) is 15.0. The van der Waals surface area contributed by atoms with E-state index in [2.05, 4.69) is 10.3 Å². The number of anilines is 1. The van der Waals surface area contributed by atoms with Crippen molar-refractivity contribution in [3.63, 3.8) is 0 Å². The molecule has 1 aromatic heterocycles. The second-order valence-corrected chi connectivity index (χ2v) is 8.32. The highest BCUT2D eigenvalue weighted by molar-refractivity contribution is 6.32. The highest BCUT2D eigenvalue weighted by Gasteiger charge is 2.62. The van der Waals surface area contributed by atoms with Crippen molar-refractivity contribution in [2.24, 2.45) is 0 Å². The van der Waals surface area contributed by atoms with Crippen LogP contribution in [-0.4, -0.2) is 27.0 Å². The molecule has 10 heteroatoms. The van der Waals surface area contributed by atoms with E-state index in [0.717, 1.165) is 12.1 Å². The van der Waals surface area contributed by atoms with Crippen molar-refractivity contribution in [1.82, 2.24) is 4.98 Å². The molecule has 0 fully saturated rings. The zero-order valence-corrected chi connectivity index (χ0v) is 17.5. The largest absolute Gasteiger partial charge is 0.506 e. The fraction of sp³-hybridized carbons (Fsp3) is 0.318. The summed E-state index contributed by atoms with van der Waals surface area (Å²) < 4.78 is 56.8. The molecule has 1 heterocycles. The maximum atomic E-state index is 14.2. The molecule has 170 valence electrons. The average Bonchev–Trinajstić information content (AvgIpc) is 2.73. The Morgan fingerprint density at radius 2 is 1.94 bits per heavy atom. The van der Waals surface area contributed by atoms with Gasteiger partial charge in [0.1, 0.15) is 11.6 Å². The summed E-state index contributed by atoms with van der Waals surface area (Å²) in [4.78, 5) is 13.9. The van der Waals surface area contributed by atoms with E-state index in [1.54, 1.807) is 6.92 Å². The predicted octanol–water partition coefficient (Wildman–Crippen LogP) is 5.37. The Morgan fingerprint density at radius 1 is 1.22 bits per heavy atom. The molecule has 0 radical (unpaired) electrons. The Hall–Kier alpha value is -2.78. The van der Waals surface area contributed by atoms with Crippen molar-refractivity contribution in [2.75, 3.05) is 5.32 Å². The summed E-state index contributed by atoms with van der Waals surface area (Å²) in [6.45, 7) is 1.66. The number of fused-ring (bicyclic) bond motifs is 2. The maximum Gasteiger partial charge on any atom is 0.419 e. The molecule has 0 unspecified atom stereocenters. The molecule has 2 aromatic carbocycles. The maximum absolute atomic E-state index is 14.2. The molecule has 4 rings (SSSR count). The van der Waals surface area contributed by atoms with Crippen LogP contribution in [0.3, 0.4) is 0 Å². The normalized spacial score (nSPS) is 23.2. The smallest absolute Gasteiger partial charge is 0.419 e. The van der Waals surface area contributed by atoms with E-state index < -0.39 is 41.5 Å². The lowest BCUT2D eigenvalue weighted by atomic mass is 9.69. The van der Waals surface area contributed by atoms with Gasteiger partial charge >= 0.3 is 6.18 Å². The Kier molecular flexibility index (Phi) is 5.37. The fourth-order valence-electron chi connectivity index (χ4n) is 4.45. The van der Waals surface area contributed by atoms with Crippen molar-refractivity contribution in [1.29, 1.82) is 0 Å². The average molecular weight is 471 g/mol. The van der Waals surface area contributed by atoms with Gasteiger partial charge in [0.25, 0.3) is 0 Å². The summed E-state index contributed by atoms with van der Waals surface area (Å²) in [5, 5.41) is 24.3. The molecule has 1 aliphatic carbocycles. The number of aromatic hydroxyl groups is 1. The fourth-order valence-corrected chi connectivity index (χ4v) is 4.62. The zero-order valence-electron chi connectivity index (χ0n) is 16.7. The van der Waals surface area contributed by atoms with Crippen molar-refractivity contribution in [2.45, 2.75) is 43.5 Å². The molecule has 0 aliphatic heterocycles. The standard InChI is InChI=1S/C22H19ClF4N2O3/c1-2-10-9-21(32,22(25,26)27)20(12-3-5-13(23)19(31)17(10)12)28-15-7-6-14(24)18-11(15)4-8-16(30)29-18/h3-8,10,20,28,31-32H,2,9H2,1H3,(H,29,30)/t10-,20+,21-/m0/s1. The number of H-pyrrole nitrogens is 1. The highest BCUT2D eigenvalue weighted by atomic mass is 35.5. The number of benzene rings is 2. The van der Waals surface area contributed by atoms with Gasteiger partial charge in [0.05, 0.1) is 16.6 Å². The van der Waals surface area contributed by atoms with E-state index in [0.29, 0.717) is 0 Å². The SMILES string of the molecule is CC[C@H]1C[C@@](O)(C(F)(F)F)[C@H](Nc2ccc(F)c3[nH]c(=O)ccc23)c2ccc(Cl)c(O)c21. The summed E-state index contributed by atoms with van der Waals surface area (Å²) in [6.07, 6.45) is -5.50. The van der Waals surface area contributed by atoms with E-state index >= 15 is 0 Å². The van der Waals surface area contributed by atoms with E-state index in [-0.39, 0.29) is 44.9 Å². The van der Waals surface area contributed by atoms with E-state index in [1.807, 2.05) is 0 Å². The van der Waals surface area contributed by atoms with Gasteiger partial charge in [0.2, 0.25) is 5.56 Å². The number of aromatic amines is 1. The van der Waals surface area contributed by atoms with Gasteiger partial charge in [-0.05, 0) is 48.6 Å². The Balaban J connectivity index is 1.95. The third-order valence-electron chi connectivity index (χ3n) is 6.08. The van der Waals surface area contributed by atoms with Crippen LogP contribution in [0.15, 0.2) is 41.2 Å². The number of alkyl halides is 3. The number of aromatic nitrogens is 1. The zero-order chi connectivity index (χ0) is 23.4. The molecule has 0 saturated heterocycles. The van der Waals surface area contributed by atoms with Crippen LogP contribution in [-0.2, 0) is 0 Å². The predicted molar refractivity (Wildman–Crippen MR) is 113 cm³/mol. The molecule has 4 N–H and O–H groups in total. The molecule has 0 bridgehead atoms. The van der Waals surface area contributed by atoms with Gasteiger partial charge < -0.3 is 20.5 Å². The Labute approximate surface area is 184 Å². The van der Waals surface area contributed by atoms with Crippen LogP contribution >= 0.6 is 11.6 Å².